The second kappa shape index (κ2) is 4.65. The molecule has 5 heteroatoms. The van der Waals surface area contributed by atoms with Gasteiger partial charge in [-0.2, -0.15) is 0 Å². The highest BCUT2D eigenvalue weighted by Gasteiger charge is 2.24. The molecule has 1 aromatic heterocycles. The molecule has 5 nitrogen and oxygen atoms in total. The minimum atomic E-state index is -0.224. The van der Waals surface area contributed by atoms with Crippen molar-refractivity contribution in [3.05, 3.63) is 11.9 Å². The van der Waals surface area contributed by atoms with Crippen LogP contribution in [-0.2, 0) is 6.42 Å². The molecule has 16 heavy (non-hydrogen) atoms. The van der Waals surface area contributed by atoms with Gasteiger partial charge in [0.1, 0.15) is 18.0 Å². The van der Waals surface area contributed by atoms with Gasteiger partial charge in [0.15, 0.2) is 0 Å². The molecule has 2 rings (SSSR count). The second-order valence-electron chi connectivity index (χ2n) is 4.02. The average Bonchev–Trinajstić information content (AvgIpc) is 2.74. The smallest absolute Gasteiger partial charge is 0.137 e. The number of hydrogen-bond donors (Lipinski definition) is 2. The zero-order valence-corrected chi connectivity index (χ0v) is 9.77. The van der Waals surface area contributed by atoms with Gasteiger partial charge in [-0.15, -0.1) is 0 Å². The molecule has 0 radical (unpaired) electrons. The third kappa shape index (κ3) is 1.95. The summed E-state index contributed by atoms with van der Waals surface area (Å²) in [6.07, 6.45) is 3.06. The number of β-amino-alcohol motifs (C(OH)–C–C–N with tert-alkyl or cyclic N) is 1. The Bertz CT molecular complexity index is 369. The largest absolute Gasteiger partial charge is 0.391 e. The molecule has 0 spiro atoms. The summed E-state index contributed by atoms with van der Waals surface area (Å²) in [5, 5.41) is 12.6. The van der Waals surface area contributed by atoms with Crippen molar-refractivity contribution in [2.24, 2.45) is 0 Å². The van der Waals surface area contributed by atoms with Gasteiger partial charge in [0.05, 0.1) is 6.10 Å². The van der Waals surface area contributed by atoms with Crippen molar-refractivity contribution in [1.29, 1.82) is 0 Å². The lowest BCUT2D eigenvalue weighted by Crippen LogP contribution is -2.24. The van der Waals surface area contributed by atoms with Crippen molar-refractivity contribution in [1.82, 2.24) is 9.97 Å². The average molecular weight is 222 g/mol. The van der Waals surface area contributed by atoms with Crippen LogP contribution < -0.4 is 10.2 Å². The van der Waals surface area contributed by atoms with E-state index in [1.54, 1.807) is 6.33 Å². The van der Waals surface area contributed by atoms with Crippen LogP contribution in [0.3, 0.4) is 0 Å². The van der Waals surface area contributed by atoms with Crippen molar-refractivity contribution in [3.63, 3.8) is 0 Å². The third-order valence-electron chi connectivity index (χ3n) is 2.98. The molecule has 0 bridgehead atoms. The lowest BCUT2D eigenvalue weighted by Gasteiger charge is -2.20. The molecule has 0 aromatic carbocycles. The van der Waals surface area contributed by atoms with Crippen LogP contribution in [0.5, 0.6) is 0 Å². The van der Waals surface area contributed by atoms with Gasteiger partial charge in [-0.3, -0.25) is 0 Å². The fraction of sp³-hybridized carbons (Fsp3) is 0.636. The molecule has 0 saturated carbocycles. The summed E-state index contributed by atoms with van der Waals surface area (Å²) in [5.41, 5.74) is 1.12. The van der Waals surface area contributed by atoms with Gasteiger partial charge in [-0.25, -0.2) is 9.97 Å². The summed E-state index contributed by atoms with van der Waals surface area (Å²) in [4.78, 5) is 10.7. The molecule has 1 saturated heterocycles. The van der Waals surface area contributed by atoms with Crippen molar-refractivity contribution in [2.75, 3.05) is 30.4 Å². The molecular formula is C11H18N4O. The van der Waals surface area contributed by atoms with Crippen molar-refractivity contribution >= 4 is 11.6 Å². The highest BCUT2D eigenvalue weighted by atomic mass is 16.3. The summed E-state index contributed by atoms with van der Waals surface area (Å²) < 4.78 is 0. The molecule has 1 atom stereocenters. The van der Waals surface area contributed by atoms with E-state index >= 15 is 0 Å². The third-order valence-corrected chi connectivity index (χ3v) is 2.98. The van der Waals surface area contributed by atoms with Crippen LogP contribution in [0.4, 0.5) is 11.6 Å². The zero-order valence-electron chi connectivity index (χ0n) is 9.77. The second-order valence-corrected chi connectivity index (χ2v) is 4.02. The number of nitrogens with zero attached hydrogens (tertiary/aromatic N) is 3. The lowest BCUT2D eigenvalue weighted by atomic mass is 10.2. The van der Waals surface area contributed by atoms with Gasteiger partial charge in [-0.05, 0) is 12.8 Å². The molecule has 1 unspecified atom stereocenters. The number of aliphatic hydroxyl groups is 1. The first-order valence-electron chi connectivity index (χ1n) is 5.71. The molecule has 2 heterocycles. The maximum Gasteiger partial charge on any atom is 0.137 e. The van der Waals surface area contributed by atoms with Crippen molar-refractivity contribution in [3.8, 4) is 0 Å². The molecule has 1 fully saturated rings. The molecule has 1 aliphatic rings. The Kier molecular flexibility index (Phi) is 3.24. The van der Waals surface area contributed by atoms with E-state index in [1.165, 1.54) is 0 Å². The first-order valence-corrected chi connectivity index (χ1v) is 5.71. The van der Waals surface area contributed by atoms with Gasteiger partial charge in [-0.1, -0.05) is 6.92 Å². The van der Waals surface area contributed by atoms with E-state index in [4.69, 9.17) is 0 Å². The molecule has 0 aliphatic carbocycles. The lowest BCUT2D eigenvalue weighted by molar-refractivity contribution is 0.198. The molecule has 1 aliphatic heterocycles. The van der Waals surface area contributed by atoms with E-state index in [0.717, 1.165) is 36.6 Å². The van der Waals surface area contributed by atoms with Gasteiger partial charge in [0, 0.05) is 25.7 Å². The van der Waals surface area contributed by atoms with Crippen LogP contribution in [-0.4, -0.2) is 41.3 Å². The SMILES string of the molecule is CCc1c(NC)ncnc1N1CCC(O)C1. The summed E-state index contributed by atoms with van der Waals surface area (Å²) in [5.74, 6) is 1.84. The molecule has 88 valence electrons. The van der Waals surface area contributed by atoms with Crippen molar-refractivity contribution in [2.45, 2.75) is 25.9 Å². The number of rotatable bonds is 3. The van der Waals surface area contributed by atoms with Crippen LogP contribution in [0.2, 0.25) is 0 Å². The summed E-state index contributed by atoms with van der Waals surface area (Å²) >= 11 is 0. The Morgan fingerprint density at radius 2 is 2.38 bits per heavy atom. The Morgan fingerprint density at radius 1 is 1.56 bits per heavy atom. The van der Waals surface area contributed by atoms with Gasteiger partial charge in [0.2, 0.25) is 0 Å². The van der Waals surface area contributed by atoms with E-state index in [0.29, 0.717) is 6.54 Å². The first-order chi connectivity index (χ1) is 7.76. The zero-order chi connectivity index (χ0) is 11.5. The fourth-order valence-electron chi connectivity index (χ4n) is 2.15. The van der Waals surface area contributed by atoms with Crippen LogP contribution in [0.25, 0.3) is 0 Å². The summed E-state index contributed by atoms with van der Waals surface area (Å²) in [6.45, 7) is 3.64. The Balaban J connectivity index is 2.32. The van der Waals surface area contributed by atoms with Gasteiger partial charge >= 0.3 is 0 Å². The van der Waals surface area contributed by atoms with Crippen LogP contribution in [0.1, 0.15) is 18.9 Å². The van der Waals surface area contributed by atoms with E-state index in [2.05, 4.69) is 27.1 Å². The summed E-state index contributed by atoms with van der Waals surface area (Å²) in [6, 6.07) is 0. The highest BCUT2D eigenvalue weighted by molar-refractivity contribution is 5.59. The van der Waals surface area contributed by atoms with Crippen LogP contribution in [0, 0.1) is 0 Å². The maximum atomic E-state index is 9.55. The first kappa shape index (κ1) is 11.1. The number of aliphatic hydroxyl groups excluding tert-OH is 1. The minimum Gasteiger partial charge on any atom is -0.391 e. The Morgan fingerprint density at radius 3 is 2.94 bits per heavy atom. The topological polar surface area (TPSA) is 61.3 Å². The summed E-state index contributed by atoms with van der Waals surface area (Å²) in [7, 11) is 1.87. The maximum absolute atomic E-state index is 9.55. The van der Waals surface area contributed by atoms with Crippen LogP contribution >= 0.6 is 0 Å². The predicted molar refractivity (Wildman–Crippen MR) is 63.8 cm³/mol. The highest BCUT2D eigenvalue weighted by Crippen LogP contribution is 2.26. The number of nitrogens with one attached hydrogen (secondary N) is 1. The Hall–Kier alpha value is -1.36. The standard InChI is InChI=1S/C11H18N4O/c1-3-9-10(12-2)13-7-14-11(9)15-5-4-8(16)6-15/h7-8,16H,3-6H2,1-2H3,(H,12,13,14). The fourth-order valence-corrected chi connectivity index (χ4v) is 2.15. The van der Waals surface area contributed by atoms with E-state index in [9.17, 15) is 5.11 Å². The monoisotopic (exact) mass is 222 g/mol. The van der Waals surface area contributed by atoms with Gasteiger partial charge < -0.3 is 15.3 Å². The predicted octanol–water partition coefficient (Wildman–Crippen LogP) is 0.652. The number of hydrogen-bond acceptors (Lipinski definition) is 5. The minimum absolute atomic E-state index is 0.224. The Labute approximate surface area is 95.5 Å². The van der Waals surface area contributed by atoms with Crippen molar-refractivity contribution < 1.29 is 5.11 Å². The quantitative estimate of drug-likeness (QED) is 0.786. The van der Waals surface area contributed by atoms with E-state index in [1.807, 2.05) is 7.05 Å². The van der Waals surface area contributed by atoms with E-state index < -0.39 is 0 Å². The van der Waals surface area contributed by atoms with E-state index in [-0.39, 0.29) is 6.10 Å². The molecular weight excluding hydrogens is 204 g/mol. The molecule has 0 amide bonds. The van der Waals surface area contributed by atoms with Gasteiger partial charge in [0.25, 0.3) is 0 Å². The molecule has 2 N–H and O–H groups in total. The number of anilines is 2. The molecule has 1 aromatic rings. The normalized spacial score (nSPS) is 20.2. The number of aromatic nitrogens is 2. The van der Waals surface area contributed by atoms with Crippen LogP contribution in [0.15, 0.2) is 6.33 Å².